The average Bonchev–Trinajstić information content (AvgIpc) is 2.30. The molecule has 2 nitrogen and oxygen atoms in total. The highest BCUT2D eigenvalue weighted by atomic mass is 19.4. The zero-order valence-corrected chi connectivity index (χ0v) is 10.2. The van der Waals surface area contributed by atoms with Gasteiger partial charge in [-0.25, -0.2) is 0 Å². The zero-order chi connectivity index (χ0) is 13.4. The van der Waals surface area contributed by atoms with Crippen molar-refractivity contribution in [2.24, 2.45) is 5.73 Å². The summed E-state index contributed by atoms with van der Waals surface area (Å²) < 4.78 is 40.8. The van der Waals surface area contributed by atoms with E-state index in [9.17, 15) is 13.2 Å². The van der Waals surface area contributed by atoms with Gasteiger partial charge in [0.05, 0.1) is 6.61 Å². The van der Waals surface area contributed by atoms with E-state index in [1.54, 1.807) is 0 Å². The van der Waals surface area contributed by atoms with Crippen LogP contribution in [0.5, 0.6) is 0 Å². The first-order valence-corrected chi connectivity index (χ1v) is 5.93. The van der Waals surface area contributed by atoms with Gasteiger partial charge in [-0.15, -0.1) is 0 Å². The van der Waals surface area contributed by atoms with Crippen LogP contribution in [0.15, 0.2) is 24.3 Å². The summed E-state index contributed by atoms with van der Waals surface area (Å²) in [5.74, 6) is 0. The number of nitrogens with two attached hydrogens (primary N) is 1. The maximum atomic E-state index is 11.9. The number of halogens is 3. The smallest absolute Gasteiger partial charge is 0.377 e. The van der Waals surface area contributed by atoms with Crippen LogP contribution in [0.1, 0.15) is 24.0 Å². The fourth-order valence-electron chi connectivity index (χ4n) is 1.53. The first-order chi connectivity index (χ1) is 8.51. The van der Waals surface area contributed by atoms with Crippen molar-refractivity contribution in [2.75, 3.05) is 13.2 Å². The van der Waals surface area contributed by atoms with Crippen LogP contribution >= 0.6 is 0 Å². The molecule has 0 aliphatic heterocycles. The molecule has 0 unspecified atom stereocenters. The molecule has 0 radical (unpaired) electrons. The van der Waals surface area contributed by atoms with E-state index in [2.05, 4.69) is 0 Å². The number of ether oxygens (including phenoxy) is 1. The number of hydrogen-bond acceptors (Lipinski definition) is 2. The number of alkyl halides is 3. The Balaban J connectivity index is 2.19. The minimum Gasteiger partial charge on any atom is -0.377 e. The Morgan fingerprint density at radius 3 is 2.22 bits per heavy atom. The van der Waals surface area contributed by atoms with Crippen LogP contribution in [0, 0.1) is 0 Å². The van der Waals surface area contributed by atoms with Gasteiger partial charge >= 0.3 is 6.18 Å². The monoisotopic (exact) mass is 261 g/mol. The Bertz CT molecular complexity index is 335. The Kier molecular flexibility index (Phi) is 6.15. The fourth-order valence-corrected chi connectivity index (χ4v) is 1.53. The lowest BCUT2D eigenvalue weighted by Gasteiger charge is -2.07. The minimum absolute atomic E-state index is 0.00869. The van der Waals surface area contributed by atoms with Crippen LogP contribution in [-0.4, -0.2) is 19.3 Å². The van der Waals surface area contributed by atoms with Gasteiger partial charge in [0.1, 0.15) is 0 Å². The van der Waals surface area contributed by atoms with E-state index in [-0.39, 0.29) is 13.0 Å². The van der Waals surface area contributed by atoms with Gasteiger partial charge < -0.3 is 10.5 Å². The van der Waals surface area contributed by atoms with Gasteiger partial charge in [-0.05, 0) is 30.5 Å². The van der Waals surface area contributed by atoms with Crippen LogP contribution in [0.3, 0.4) is 0 Å². The van der Waals surface area contributed by atoms with Crippen molar-refractivity contribution in [3.8, 4) is 0 Å². The van der Waals surface area contributed by atoms with Crippen LogP contribution in [0.2, 0.25) is 0 Å². The molecule has 0 amide bonds. The van der Waals surface area contributed by atoms with Gasteiger partial charge in [-0.1, -0.05) is 24.3 Å². The molecular formula is C13H18F3NO. The highest BCUT2D eigenvalue weighted by Crippen LogP contribution is 2.21. The number of hydrogen-bond donors (Lipinski definition) is 1. The minimum atomic E-state index is -4.09. The van der Waals surface area contributed by atoms with Crippen LogP contribution in [0.25, 0.3) is 0 Å². The predicted octanol–water partition coefficient (Wildman–Crippen LogP) is 3.05. The molecule has 1 aromatic rings. The maximum absolute atomic E-state index is 11.9. The second-order valence-electron chi connectivity index (χ2n) is 4.13. The second kappa shape index (κ2) is 7.38. The molecule has 102 valence electrons. The third-order valence-electron chi connectivity index (χ3n) is 2.47. The first kappa shape index (κ1) is 15.0. The molecule has 0 heterocycles. The van der Waals surface area contributed by atoms with E-state index >= 15 is 0 Å². The van der Waals surface area contributed by atoms with Gasteiger partial charge in [-0.3, -0.25) is 0 Å². The predicted molar refractivity (Wildman–Crippen MR) is 64.1 cm³/mol. The van der Waals surface area contributed by atoms with Gasteiger partial charge in [0.15, 0.2) is 0 Å². The van der Waals surface area contributed by atoms with Crippen LogP contribution in [0.4, 0.5) is 13.2 Å². The topological polar surface area (TPSA) is 35.2 Å². The number of rotatable bonds is 7. The summed E-state index contributed by atoms with van der Waals surface area (Å²) in [6.07, 6.45) is -4.04. The molecule has 0 aliphatic rings. The highest BCUT2D eigenvalue weighted by Gasteiger charge is 2.25. The molecule has 0 atom stereocenters. The summed E-state index contributed by atoms with van der Waals surface area (Å²) in [4.78, 5) is 0. The quantitative estimate of drug-likeness (QED) is 0.766. The second-order valence-corrected chi connectivity index (χ2v) is 4.13. The molecule has 2 N–H and O–H groups in total. The van der Waals surface area contributed by atoms with Gasteiger partial charge in [0.2, 0.25) is 0 Å². The summed E-state index contributed by atoms with van der Waals surface area (Å²) >= 11 is 0. The van der Waals surface area contributed by atoms with Crippen molar-refractivity contribution < 1.29 is 17.9 Å². The van der Waals surface area contributed by atoms with Crippen molar-refractivity contribution in [3.63, 3.8) is 0 Å². The largest absolute Gasteiger partial charge is 0.389 e. The van der Waals surface area contributed by atoms with Crippen molar-refractivity contribution in [3.05, 3.63) is 35.4 Å². The third kappa shape index (κ3) is 6.61. The summed E-state index contributed by atoms with van der Waals surface area (Å²) in [5, 5.41) is 0. The van der Waals surface area contributed by atoms with E-state index < -0.39 is 12.6 Å². The first-order valence-electron chi connectivity index (χ1n) is 5.93. The van der Waals surface area contributed by atoms with E-state index in [1.807, 2.05) is 24.3 Å². The Morgan fingerprint density at radius 1 is 1.06 bits per heavy atom. The summed E-state index contributed by atoms with van der Waals surface area (Å²) in [7, 11) is 0. The SMILES string of the molecule is NCCc1ccc(COCCCC(F)(F)F)cc1. The normalized spacial score (nSPS) is 11.8. The lowest BCUT2D eigenvalue weighted by atomic mass is 10.1. The molecule has 0 spiro atoms. The molecule has 18 heavy (non-hydrogen) atoms. The van der Waals surface area contributed by atoms with Crippen molar-refractivity contribution in [1.29, 1.82) is 0 Å². The number of benzene rings is 1. The Hall–Kier alpha value is -1.07. The van der Waals surface area contributed by atoms with E-state index in [0.717, 1.165) is 17.5 Å². The average molecular weight is 261 g/mol. The van der Waals surface area contributed by atoms with E-state index in [1.165, 1.54) is 0 Å². The molecule has 0 aromatic heterocycles. The van der Waals surface area contributed by atoms with Gasteiger partial charge in [-0.2, -0.15) is 13.2 Å². The molecule has 0 fully saturated rings. The lowest BCUT2D eigenvalue weighted by Crippen LogP contribution is -2.08. The lowest BCUT2D eigenvalue weighted by molar-refractivity contribution is -0.138. The molecule has 0 saturated heterocycles. The Labute approximate surface area is 105 Å². The molecule has 0 bridgehead atoms. The van der Waals surface area contributed by atoms with Crippen molar-refractivity contribution >= 4 is 0 Å². The van der Waals surface area contributed by atoms with Crippen LogP contribution < -0.4 is 5.73 Å². The summed E-state index contributed by atoms with van der Waals surface area (Å²) in [6, 6.07) is 7.74. The molecule has 0 saturated carbocycles. The molecular weight excluding hydrogens is 243 g/mol. The van der Waals surface area contributed by atoms with Gasteiger partial charge in [0.25, 0.3) is 0 Å². The van der Waals surface area contributed by atoms with Gasteiger partial charge in [0, 0.05) is 13.0 Å². The fraction of sp³-hybridized carbons (Fsp3) is 0.538. The van der Waals surface area contributed by atoms with Crippen molar-refractivity contribution in [1.82, 2.24) is 0 Å². The highest BCUT2D eigenvalue weighted by molar-refractivity contribution is 5.22. The standard InChI is InChI=1S/C13H18F3NO/c14-13(15,16)7-1-9-18-10-12-4-2-11(3-5-12)6-8-17/h2-5H,1,6-10,17H2. The maximum Gasteiger partial charge on any atom is 0.389 e. The summed E-state index contributed by atoms with van der Waals surface area (Å²) in [5.41, 5.74) is 7.54. The third-order valence-corrected chi connectivity index (χ3v) is 2.47. The Morgan fingerprint density at radius 2 is 1.67 bits per heavy atom. The zero-order valence-electron chi connectivity index (χ0n) is 10.2. The van der Waals surface area contributed by atoms with E-state index in [0.29, 0.717) is 13.2 Å². The molecule has 5 heteroatoms. The van der Waals surface area contributed by atoms with Crippen molar-refractivity contribution in [2.45, 2.75) is 32.0 Å². The van der Waals surface area contributed by atoms with E-state index in [4.69, 9.17) is 10.5 Å². The molecule has 1 rings (SSSR count). The molecule has 0 aliphatic carbocycles. The summed E-state index contributed by atoms with van der Waals surface area (Å²) in [6.45, 7) is 1.08. The van der Waals surface area contributed by atoms with Crippen LogP contribution in [-0.2, 0) is 17.8 Å². The molecule has 1 aromatic carbocycles.